The molecule has 0 saturated heterocycles. The number of benzene rings is 1. The molecule has 1 aromatic heterocycles. The Morgan fingerprint density at radius 3 is 2.57 bits per heavy atom. The maximum atomic E-state index is 5.80. The van der Waals surface area contributed by atoms with Crippen LogP contribution >= 0.6 is 0 Å². The molecular weight excluding hydrogens is 264 g/mol. The lowest BCUT2D eigenvalue weighted by molar-refractivity contribution is 0.323. The van der Waals surface area contributed by atoms with Crippen LogP contribution < -0.4 is 15.2 Å². The second-order valence-electron chi connectivity index (χ2n) is 5.25. The third kappa shape index (κ3) is 3.66. The van der Waals surface area contributed by atoms with E-state index in [1.54, 1.807) is 12.1 Å². The summed E-state index contributed by atoms with van der Waals surface area (Å²) in [5.74, 6) is 2.14. The van der Waals surface area contributed by atoms with Crippen molar-refractivity contribution in [1.29, 1.82) is 0 Å². The summed E-state index contributed by atoms with van der Waals surface area (Å²) in [5, 5.41) is 0. The minimum atomic E-state index is 0.408. The van der Waals surface area contributed by atoms with Crippen LogP contribution in [0.1, 0.15) is 37.8 Å². The highest BCUT2D eigenvalue weighted by Crippen LogP contribution is 2.28. The van der Waals surface area contributed by atoms with E-state index in [0.717, 1.165) is 5.75 Å². The molecule has 0 aliphatic rings. The number of rotatable bonds is 5. The SMILES string of the molecule is CCOc1nc(Oc2ccc(C(C)C)c(C)c2)ccc1N. The molecule has 0 spiro atoms. The topological polar surface area (TPSA) is 57.4 Å². The largest absolute Gasteiger partial charge is 0.476 e. The Bertz CT molecular complexity index is 624. The molecule has 4 nitrogen and oxygen atoms in total. The van der Waals surface area contributed by atoms with Gasteiger partial charge in [0.1, 0.15) is 5.75 Å². The zero-order valence-electron chi connectivity index (χ0n) is 13.0. The number of pyridine rings is 1. The summed E-state index contributed by atoms with van der Waals surface area (Å²) in [5.41, 5.74) is 8.85. The first-order valence-electron chi connectivity index (χ1n) is 7.19. The molecule has 2 rings (SSSR count). The molecule has 0 aliphatic carbocycles. The molecule has 0 saturated carbocycles. The second kappa shape index (κ2) is 6.48. The van der Waals surface area contributed by atoms with Gasteiger partial charge in [0.05, 0.1) is 12.3 Å². The van der Waals surface area contributed by atoms with E-state index in [9.17, 15) is 0 Å². The molecule has 0 bridgehead atoms. The monoisotopic (exact) mass is 286 g/mol. The predicted octanol–water partition coefficient (Wildman–Crippen LogP) is 4.29. The predicted molar refractivity (Wildman–Crippen MR) is 85.2 cm³/mol. The van der Waals surface area contributed by atoms with Gasteiger partial charge in [-0.3, -0.25) is 0 Å². The summed E-state index contributed by atoms with van der Waals surface area (Å²) < 4.78 is 11.2. The van der Waals surface area contributed by atoms with Crippen LogP contribution in [0.4, 0.5) is 5.69 Å². The summed E-state index contributed by atoms with van der Waals surface area (Å²) in [6.45, 7) is 8.85. The smallest absolute Gasteiger partial charge is 0.240 e. The number of hydrogen-bond donors (Lipinski definition) is 1. The summed E-state index contributed by atoms with van der Waals surface area (Å²) in [4.78, 5) is 4.28. The molecule has 2 N–H and O–H groups in total. The minimum Gasteiger partial charge on any atom is -0.476 e. The zero-order valence-corrected chi connectivity index (χ0v) is 13.0. The van der Waals surface area contributed by atoms with Crippen LogP contribution in [-0.2, 0) is 0 Å². The van der Waals surface area contributed by atoms with Crippen molar-refractivity contribution in [3.05, 3.63) is 41.5 Å². The average Bonchev–Trinajstić information content (AvgIpc) is 2.42. The van der Waals surface area contributed by atoms with E-state index in [0.29, 0.717) is 30.0 Å². The second-order valence-corrected chi connectivity index (χ2v) is 5.25. The number of nitrogens with zero attached hydrogens (tertiary/aromatic N) is 1. The van der Waals surface area contributed by atoms with Gasteiger partial charge in [0.2, 0.25) is 11.8 Å². The highest BCUT2D eigenvalue weighted by Gasteiger charge is 2.08. The molecule has 2 aromatic rings. The number of nitrogens with two attached hydrogens (primary N) is 1. The molecule has 0 unspecified atom stereocenters. The van der Waals surface area contributed by atoms with Gasteiger partial charge in [-0.2, -0.15) is 4.98 Å². The molecule has 0 fully saturated rings. The van der Waals surface area contributed by atoms with E-state index >= 15 is 0 Å². The van der Waals surface area contributed by atoms with Gasteiger partial charge in [-0.05, 0) is 49.1 Å². The molecule has 21 heavy (non-hydrogen) atoms. The van der Waals surface area contributed by atoms with Crippen molar-refractivity contribution in [2.24, 2.45) is 0 Å². The van der Waals surface area contributed by atoms with Crippen molar-refractivity contribution in [1.82, 2.24) is 4.98 Å². The Kier molecular flexibility index (Phi) is 4.68. The van der Waals surface area contributed by atoms with Gasteiger partial charge in [-0.15, -0.1) is 0 Å². The number of aryl methyl sites for hydroxylation is 1. The van der Waals surface area contributed by atoms with E-state index in [4.69, 9.17) is 15.2 Å². The first-order chi connectivity index (χ1) is 10.0. The Hall–Kier alpha value is -2.23. The Labute approximate surface area is 125 Å². The van der Waals surface area contributed by atoms with Crippen molar-refractivity contribution >= 4 is 5.69 Å². The fraction of sp³-hybridized carbons (Fsp3) is 0.353. The molecule has 1 aromatic carbocycles. The summed E-state index contributed by atoms with van der Waals surface area (Å²) in [7, 11) is 0. The Balaban J connectivity index is 2.22. The average molecular weight is 286 g/mol. The van der Waals surface area contributed by atoms with E-state index in [2.05, 4.69) is 31.8 Å². The fourth-order valence-electron chi connectivity index (χ4n) is 2.22. The molecule has 0 amide bonds. The van der Waals surface area contributed by atoms with Gasteiger partial charge in [-0.25, -0.2) is 0 Å². The maximum Gasteiger partial charge on any atom is 0.240 e. The molecule has 0 atom stereocenters. The van der Waals surface area contributed by atoms with Gasteiger partial charge in [0.15, 0.2) is 0 Å². The van der Waals surface area contributed by atoms with Gasteiger partial charge in [-0.1, -0.05) is 19.9 Å². The van der Waals surface area contributed by atoms with Crippen molar-refractivity contribution < 1.29 is 9.47 Å². The van der Waals surface area contributed by atoms with Gasteiger partial charge in [0.25, 0.3) is 0 Å². The van der Waals surface area contributed by atoms with Crippen LogP contribution in [0.2, 0.25) is 0 Å². The van der Waals surface area contributed by atoms with Crippen molar-refractivity contribution in [3.8, 4) is 17.5 Å². The highest BCUT2D eigenvalue weighted by atomic mass is 16.5. The molecule has 0 aliphatic heterocycles. The third-order valence-electron chi connectivity index (χ3n) is 3.23. The first-order valence-corrected chi connectivity index (χ1v) is 7.19. The number of nitrogen functional groups attached to an aromatic ring is 1. The Morgan fingerprint density at radius 1 is 1.19 bits per heavy atom. The van der Waals surface area contributed by atoms with Crippen molar-refractivity contribution in [2.45, 2.75) is 33.6 Å². The van der Waals surface area contributed by atoms with E-state index in [-0.39, 0.29) is 0 Å². The third-order valence-corrected chi connectivity index (χ3v) is 3.23. The van der Waals surface area contributed by atoms with Crippen LogP contribution in [0.3, 0.4) is 0 Å². The molecule has 4 heteroatoms. The minimum absolute atomic E-state index is 0.408. The van der Waals surface area contributed by atoms with Gasteiger partial charge >= 0.3 is 0 Å². The van der Waals surface area contributed by atoms with E-state index in [1.807, 2.05) is 19.1 Å². The van der Waals surface area contributed by atoms with Crippen molar-refractivity contribution in [3.63, 3.8) is 0 Å². The van der Waals surface area contributed by atoms with Crippen LogP contribution in [0.5, 0.6) is 17.5 Å². The van der Waals surface area contributed by atoms with Crippen LogP contribution in [0.15, 0.2) is 30.3 Å². The first kappa shape index (κ1) is 15.2. The molecule has 112 valence electrons. The lowest BCUT2D eigenvalue weighted by Crippen LogP contribution is -2.00. The lowest BCUT2D eigenvalue weighted by Gasteiger charge is -2.12. The summed E-state index contributed by atoms with van der Waals surface area (Å²) in [6, 6.07) is 9.55. The standard InChI is InChI=1S/C17H22N2O2/c1-5-20-17-15(18)8-9-16(19-17)21-13-6-7-14(11(2)3)12(4)10-13/h6-11H,5,18H2,1-4H3. The van der Waals surface area contributed by atoms with Gasteiger partial charge in [0, 0.05) is 6.07 Å². The van der Waals surface area contributed by atoms with Crippen LogP contribution in [0.25, 0.3) is 0 Å². The van der Waals surface area contributed by atoms with Crippen LogP contribution in [-0.4, -0.2) is 11.6 Å². The van der Waals surface area contributed by atoms with Gasteiger partial charge < -0.3 is 15.2 Å². The number of ether oxygens (including phenoxy) is 2. The van der Waals surface area contributed by atoms with E-state index in [1.165, 1.54) is 11.1 Å². The normalized spacial score (nSPS) is 10.7. The number of anilines is 1. The summed E-state index contributed by atoms with van der Waals surface area (Å²) in [6.07, 6.45) is 0. The molecular formula is C17H22N2O2. The Morgan fingerprint density at radius 2 is 1.95 bits per heavy atom. The highest BCUT2D eigenvalue weighted by molar-refractivity contribution is 5.50. The number of hydrogen-bond acceptors (Lipinski definition) is 4. The maximum absolute atomic E-state index is 5.80. The van der Waals surface area contributed by atoms with E-state index < -0.39 is 0 Å². The molecule has 1 heterocycles. The zero-order chi connectivity index (χ0) is 15.4. The fourth-order valence-corrected chi connectivity index (χ4v) is 2.22. The van der Waals surface area contributed by atoms with Crippen molar-refractivity contribution in [2.75, 3.05) is 12.3 Å². The quantitative estimate of drug-likeness (QED) is 0.891. The lowest BCUT2D eigenvalue weighted by atomic mass is 9.98. The molecule has 0 radical (unpaired) electrons. The van der Waals surface area contributed by atoms with Crippen LogP contribution in [0, 0.1) is 6.92 Å². The summed E-state index contributed by atoms with van der Waals surface area (Å²) >= 11 is 0. The number of aromatic nitrogens is 1.